The second kappa shape index (κ2) is 11.0. The lowest BCUT2D eigenvalue weighted by atomic mass is 10.3. The molecular weight excluding hydrogens is 485 g/mol. The number of anilines is 1. The maximum absolute atomic E-state index is 14.1. The zero-order valence-corrected chi connectivity index (χ0v) is 20.2. The number of carbonyl (C=O) groups is 1. The van der Waals surface area contributed by atoms with E-state index < -0.39 is 22.1 Å². The van der Waals surface area contributed by atoms with Crippen LogP contribution < -0.4 is 10.1 Å². The molecule has 0 aliphatic heterocycles. The number of benzene rings is 3. The van der Waals surface area contributed by atoms with Crippen LogP contribution in [-0.4, -0.2) is 30.8 Å². The summed E-state index contributed by atoms with van der Waals surface area (Å²) in [7, 11) is 0. The minimum atomic E-state index is -0.645. The molecule has 1 amide bonds. The van der Waals surface area contributed by atoms with Crippen molar-refractivity contribution in [2.75, 3.05) is 5.32 Å². The van der Waals surface area contributed by atoms with E-state index in [2.05, 4.69) is 15.5 Å². The Balaban J connectivity index is 1.56. The molecule has 1 aromatic heterocycles. The van der Waals surface area contributed by atoms with Gasteiger partial charge in [-0.3, -0.25) is 19.5 Å². The number of halogens is 1. The van der Waals surface area contributed by atoms with Crippen LogP contribution in [0.4, 0.5) is 15.8 Å². The molecule has 0 spiro atoms. The van der Waals surface area contributed by atoms with Crippen LogP contribution >= 0.6 is 11.8 Å². The Kier molecular flexibility index (Phi) is 7.59. The first-order valence-corrected chi connectivity index (χ1v) is 11.9. The van der Waals surface area contributed by atoms with Crippen molar-refractivity contribution in [2.24, 2.45) is 0 Å². The predicted molar refractivity (Wildman–Crippen MR) is 134 cm³/mol. The van der Waals surface area contributed by atoms with Crippen LogP contribution in [0, 0.1) is 15.9 Å². The van der Waals surface area contributed by atoms with Crippen molar-refractivity contribution >= 4 is 29.0 Å². The van der Waals surface area contributed by atoms with E-state index in [1.807, 2.05) is 30.3 Å². The van der Waals surface area contributed by atoms with Gasteiger partial charge >= 0.3 is 0 Å². The van der Waals surface area contributed by atoms with Gasteiger partial charge in [0.25, 0.3) is 5.69 Å². The summed E-state index contributed by atoms with van der Waals surface area (Å²) in [5.41, 5.74) is 1.13. The Morgan fingerprint density at radius 3 is 2.36 bits per heavy atom. The molecule has 0 fully saturated rings. The van der Waals surface area contributed by atoms with Crippen molar-refractivity contribution in [3.8, 4) is 11.4 Å². The number of hydrogen-bond donors (Lipinski definition) is 1. The molecule has 0 radical (unpaired) electrons. The SMILES string of the molecule is CC(Sc1nnc(C(C)Oc2ccccc2F)n1-c1ccccc1)C(=O)Nc1ccc([N+](=O)[O-])cc1. The van der Waals surface area contributed by atoms with Crippen LogP contribution in [0.2, 0.25) is 0 Å². The molecule has 1 N–H and O–H groups in total. The van der Waals surface area contributed by atoms with Gasteiger partial charge in [-0.15, -0.1) is 10.2 Å². The maximum Gasteiger partial charge on any atom is 0.269 e. The molecule has 36 heavy (non-hydrogen) atoms. The molecule has 0 bridgehead atoms. The number of nitrogens with one attached hydrogen (secondary N) is 1. The molecule has 0 saturated carbocycles. The van der Waals surface area contributed by atoms with Gasteiger partial charge in [-0.1, -0.05) is 42.1 Å². The van der Waals surface area contributed by atoms with Crippen LogP contribution in [0.15, 0.2) is 84.0 Å². The van der Waals surface area contributed by atoms with Gasteiger partial charge in [0.15, 0.2) is 28.7 Å². The molecule has 4 aromatic rings. The van der Waals surface area contributed by atoms with Crippen molar-refractivity contribution in [1.82, 2.24) is 14.8 Å². The number of para-hydroxylation sites is 2. The molecule has 3 aromatic carbocycles. The predicted octanol–water partition coefficient (Wildman–Crippen LogP) is 5.57. The van der Waals surface area contributed by atoms with E-state index in [1.54, 1.807) is 30.5 Å². The lowest BCUT2D eigenvalue weighted by molar-refractivity contribution is -0.384. The summed E-state index contributed by atoms with van der Waals surface area (Å²) >= 11 is 1.19. The molecule has 4 rings (SSSR count). The van der Waals surface area contributed by atoms with Crippen molar-refractivity contribution in [2.45, 2.75) is 30.4 Å². The second-order valence-corrected chi connectivity index (χ2v) is 9.06. The number of amides is 1. The lowest BCUT2D eigenvalue weighted by Gasteiger charge is -2.18. The summed E-state index contributed by atoms with van der Waals surface area (Å²) in [6.07, 6.45) is -0.645. The highest BCUT2D eigenvalue weighted by Crippen LogP contribution is 2.31. The topological polar surface area (TPSA) is 112 Å². The van der Waals surface area contributed by atoms with Crippen molar-refractivity contribution in [3.63, 3.8) is 0 Å². The minimum Gasteiger partial charge on any atom is -0.480 e. The Hall–Kier alpha value is -4.25. The van der Waals surface area contributed by atoms with Crippen LogP contribution in [-0.2, 0) is 4.79 Å². The van der Waals surface area contributed by atoms with E-state index in [0.717, 1.165) is 5.69 Å². The number of carbonyl (C=O) groups excluding carboxylic acids is 1. The van der Waals surface area contributed by atoms with Gasteiger partial charge in [0.2, 0.25) is 5.91 Å². The Labute approximate surface area is 210 Å². The molecular formula is C25H22FN5O4S. The summed E-state index contributed by atoms with van der Waals surface area (Å²) < 4.78 is 21.7. The van der Waals surface area contributed by atoms with E-state index in [0.29, 0.717) is 16.7 Å². The van der Waals surface area contributed by atoms with E-state index in [-0.39, 0.29) is 17.3 Å². The third kappa shape index (κ3) is 5.69. The van der Waals surface area contributed by atoms with Gasteiger partial charge in [0, 0.05) is 23.5 Å². The van der Waals surface area contributed by atoms with Gasteiger partial charge in [-0.05, 0) is 50.2 Å². The summed E-state index contributed by atoms with van der Waals surface area (Å²) in [5.74, 6) is -0.262. The van der Waals surface area contributed by atoms with E-state index in [1.165, 1.54) is 48.2 Å². The molecule has 0 aliphatic carbocycles. The van der Waals surface area contributed by atoms with Gasteiger partial charge < -0.3 is 10.1 Å². The highest BCUT2D eigenvalue weighted by Gasteiger charge is 2.25. The third-order valence-corrected chi connectivity index (χ3v) is 6.22. The first-order chi connectivity index (χ1) is 17.3. The average Bonchev–Trinajstić information content (AvgIpc) is 3.29. The maximum atomic E-state index is 14.1. The van der Waals surface area contributed by atoms with Gasteiger partial charge in [-0.2, -0.15) is 0 Å². The van der Waals surface area contributed by atoms with Crippen LogP contribution in [0.3, 0.4) is 0 Å². The molecule has 9 nitrogen and oxygen atoms in total. The van der Waals surface area contributed by atoms with Crippen molar-refractivity contribution in [1.29, 1.82) is 0 Å². The fourth-order valence-electron chi connectivity index (χ4n) is 3.35. The molecule has 184 valence electrons. The summed E-state index contributed by atoms with van der Waals surface area (Å²) in [5, 5.41) is 22.0. The fourth-order valence-corrected chi connectivity index (χ4v) is 4.22. The molecule has 0 saturated heterocycles. The second-order valence-electron chi connectivity index (χ2n) is 7.76. The zero-order chi connectivity index (χ0) is 25.7. The number of hydrogen-bond acceptors (Lipinski definition) is 7. The van der Waals surface area contributed by atoms with Crippen molar-refractivity contribution < 1.29 is 18.8 Å². The quantitative estimate of drug-likeness (QED) is 0.179. The molecule has 2 atom stereocenters. The highest BCUT2D eigenvalue weighted by molar-refractivity contribution is 8.00. The monoisotopic (exact) mass is 507 g/mol. The molecule has 11 heteroatoms. The summed E-state index contributed by atoms with van der Waals surface area (Å²) in [6, 6.07) is 21.0. The third-order valence-electron chi connectivity index (χ3n) is 5.17. The van der Waals surface area contributed by atoms with Gasteiger partial charge in [0.05, 0.1) is 10.2 Å². The molecule has 2 unspecified atom stereocenters. The van der Waals surface area contributed by atoms with Crippen LogP contribution in [0.25, 0.3) is 5.69 Å². The number of ether oxygens (including phenoxy) is 1. The van der Waals surface area contributed by atoms with E-state index in [9.17, 15) is 19.3 Å². The number of aromatic nitrogens is 3. The van der Waals surface area contributed by atoms with Crippen LogP contribution in [0.1, 0.15) is 25.8 Å². The van der Waals surface area contributed by atoms with E-state index in [4.69, 9.17) is 4.74 Å². The number of nitro groups is 1. The lowest BCUT2D eigenvalue weighted by Crippen LogP contribution is -2.23. The number of rotatable bonds is 9. The number of non-ortho nitro benzene ring substituents is 1. The smallest absolute Gasteiger partial charge is 0.269 e. The number of thioether (sulfide) groups is 1. The Morgan fingerprint density at radius 2 is 1.69 bits per heavy atom. The molecule has 1 heterocycles. The molecule has 0 aliphatic rings. The van der Waals surface area contributed by atoms with Crippen LogP contribution in [0.5, 0.6) is 5.75 Å². The first-order valence-electron chi connectivity index (χ1n) is 11.0. The Morgan fingerprint density at radius 1 is 1.03 bits per heavy atom. The van der Waals surface area contributed by atoms with Crippen molar-refractivity contribution in [3.05, 3.63) is 101 Å². The first kappa shape index (κ1) is 24.9. The van der Waals surface area contributed by atoms with E-state index >= 15 is 0 Å². The minimum absolute atomic E-state index is 0.0642. The standard InChI is InChI=1S/C25H22FN5O4S/c1-16(35-22-11-7-6-10-21(22)26)23-28-29-25(30(23)19-8-4-3-5-9-19)36-17(2)24(32)27-18-12-14-20(15-13-18)31(33)34/h3-17H,1-2H3,(H,27,32). The number of nitro benzene ring substituents is 1. The Bertz CT molecular complexity index is 1360. The van der Waals surface area contributed by atoms with Gasteiger partial charge in [0.1, 0.15) is 0 Å². The summed E-state index contributed by atoms with van der Waals surface area (Å²) in [4.78, 5) is 23.1. The average molecular weight is 508 g/mol. The zero-order valence-electron chi connectivity index (χ0n) is 19.4. The highest BCUT2D eigenvalue weighted by atomic mass is 32.2. The number of nitrogens with zero attached hydrogens (tertiary/aromatic N) is 4. The fraction of sp³-hybridized carbons (Fsp3) is 0.160. The normalized spacial score (nSPS) is 12.5. The van der Waals surface area contributed by atoms with Gasteiger partial charge in [-0.25, -0.2) is 4.39 Å². The summed E-state index contributed by atoms with van der Waals surface area (Å²) in [6.45, 7) is 3.46. The largest absolute Gasteiger partial charge is 0.480 e.